The van der Waals surface area contributed by atoms with E-state index in [1.165, 1.54) is 4.90 Å². The fraction of sp³-hybridized carbons (Fsp3) is 0.516. The maximum atomic E-state index is 13.8. The van der Waals surface area contributed by atoms with E-state index in [1.54, 1.807) is 23.1 Å². The van der Waals surface area contributed by atoms with E-state index in [0.717, 1.165) is 11.9 Å². The smallest absolute Gasteiger partial charge is 0.339 e. The number of carbonyl (C=O) groups excluding carboxylic acids is 3. The Bertz CT molecular complexity index is 1390. The van der Waals surface area contributed by atoms with Crippen LogP contribution in [0.25, 0.3) is 0 Å². The van der Waals surface area contributed by atoms with E-state index in [0.29, 0.717) is 54.8 Å². The summed E-state index contributed by atoms with van der Waals surface area (Å²) in [4.78, 5) is 43.2. The van der Waals surface area contributed by atoms with E-state index in [-0.39, 0.29) is 60.7 Å². The molecule has 1 atom stereocenters. The highest BCUT2D eigenvalue weighted by Crippen LogP contribution is 2.39. The molecule has 1 saturated carbocycles. The summed E-state index contributed by atoms with van der Waals surface area (Å²) in [6.07, 6.45) is -7.16. The van der Waals surface area contributed by atoms with Crippen molar-refractivity contribution in [3.8, 4) is 0 Å². The summed E-state index contributed by atoms with van der Waals surface area (Å²) < 4.78 is 81.1. The lowest BCUT2D eigenvalue weighted by Gasteiger charge is -2.44. The van der Waals surface area contributed by atoms with Crippen LogP contribution in [0.1, 0.15) is 55.7 Å². The van der Waals surface area contributed by atoms with Crippen LogP contribution in [0.15, 0.2) is 36.4 Å². The average Bonchev–Trinajstić information content (AvgIpc) is 3.00. The SMILES string of the molecule is CCC(=O)C1CCC(C(=O)N2CCN(C(=O)N(C)c3cc(C(F)(F)F)cc(C(F)(F)F)c3)[C@H](Cc3ccc(Cl)c(Cl)c3)C2)CC1. The molecule has 1 heterocycles. The zero-order valence-electron chi connectivity index (χ0n) is 24.7. The van der Waals surface area contributed by atoms with Crippen LogP contribution in [0.2, 0.25) is 10.0 Å². The third-order valence-electron chi connectivity index (χ3n) is 8.62. The quantitative estimate of drug-likeness (QED) is 0.290. The Kier molecular flexibility index (Phi) is 10.7. The third-order valence-corrected chi connectivity index (χ3v) is 9.36. The van der Waals surface area contributed by atoms with Gasteiger partial charge >= 0.3 is 18.4 Å². The molecule has 2 fully saturated rings. The molecule has 3 amide bonds. The molecule has 0 bridgehead atoms. The summed E-state index contributed by atoms with van der Waals surface area (Å²) in [6, 6.07) is 4.37. The van der Waals surface area contributed by atoms with Crippen LogP contribution in [-0.2, 0) is 28.4 Å². The first-order valence-electron chi connectivity index (χ1n) is 14.6. The van der Waals surface area contributed by atoms with E-state index in [4.69, 9.17) is 23.2 Å². The number of carbonyl (C=O) groups is 3. The van der Waals surface area contributed by atoms with Crippen molar-refractivity contribution in [3.63, 3.8) is 0 Å². The molecule has 1 aliphatic heterocycles. The molecule has 0 aromatic heterocycles. The van der Waals surface area contributed by atoms with Crippen LogP contribution in [0.5, 0.6) is 0 Å². The molecule has 45 heavy (non-hydrogen) atoms. The van der Waals surface area contributed by atoms with Crippen molar-refractivity contribution in [2.24, 2.45) is 11.8 Å². The van der Waals surface area contributed by atoms with Gasteiger partial charge in [-0.1, -0.05) is 36.2 Å². The Morgan fingerprint density at radius 2 is 1.42 bits per heavy atom. The molecule has 0 spiro atoms. The molecule has 2 aromatic carbocycles. The summed E-state index contributed by atoms with van der Waals surface area (Å²) in [7, 11) is 1.11. The molecule has 6 nitrogen and oxygen atoms in total. The first-order chi connectivity index (χ1) is 21.0. The van der Waals surface area contributed by atoms with Gasteiger partial charge in [-0.15, -0.1) is 0 Å². The second kappa shape index (κ2) is 13.8. The number of halogens is 8. The first-order valence-corrected chi connectivity index (χ1v) is 15.3. The number of alkyl halides is 6. The van der Waals surface area contributed by atoms with Crippen LogP contribution in [0, 0.1) is 11.8 Å². The number of piperazine rings is 1. The minimum atomic E-state index is -5.08. The normalized spacial score (nSPS) is 21.1. The summed E-state index contributed by atoms with van der Waals surface area (Å²) >= 11 is 12.3. The van der Waals surface area contributed by atoms with Crippen LogP contribution >= 0.6 is 23.2 Å². The van der Waals surface area contributed by atoms with Crippen molar-refractivity contribution < 1.29 is 40.7 Å². The summed E-state index contributed by atoms with van der Waals surface area (Å²) in [6.45, 7) is 2.02. The van der Waals surface area contributed by atoms with Gasteiger partial charge in [0.2, 0.25) is 5.91 Å². The Morgan fingerprint density at radius 3 is 1.96 bits per heavy atom. The van der Waals surface area contributed by atoms with E-state index in [1.807, 2.05) is 6.92 Å². The van der Waals surface area contributed by atoms with Gasteiger partial charge < -0.3 is 9.80 Å². The molecule has 0 unspecified atom stereocenters. The Hall–Kier alpha value is -2.99. The Labute approximate surface area is 267 Å². The minimum Gasteiger partial charge on any atom is -0.339 e. The standard InChI is InChI=1S/C31H33Cl2F6N3O3/c1-3-27(43)19-5-7-20(8-6-19)28(44)41-10-11-42(24(17-41)12-18-4-9-25(32)26(33)13-18)29(45)40(2)23-15-21(30(34,35)36)14-22(16-23)31(37,38)39/h4,9,13-16,19-20,24H,3,5-8,10-12,17H2,1-2H3/t19?,20?,24-/m1/s1. The number of rotatable bonds is 6. The Morgan fingerprint density at radius 1 is 0.844 bits per heavy atom. The molecule has 246 valence electrons. The number of urea groups is 1. The molecule has 4 rings (SSSR count). The second-order valence-corrected chi connectivity index (χ2v) is 12.4. The lowest BCUT2D eigenvalue weighted by Crippen LogP contribution is -2.60. The molecule has 0 radical (unpaired) electrons. The van der Waals surface area contributed by atoms with Gasteiger partial charge in [0.05, 0.1) is 27.2 Å². The van der Waals surface area contributed by atoms with Gasteiger partial charge in [-0.05, 0) is 68.0 Å². The number of hydrogen-bond acceptors (Lipinski definition) is 3. The number of benzene rings is 2. The number of anilines is 1. The first kappa shape index (κ1) is 34.9. The predicted molar refractivity (Wildman–Crippen MR) is 158 cm³/mol. The van der Waals surface area contributed by atoms with E-state index in [9.17, 15) is 40.7 Å². The van der Waals surface area contributed by atoms with Crippen molar-refractivity contribution in [2.75, 3.05) is 31.6 Å². The molecule has 1 saturated heterocycles. The lowest BCUT2D eigenvalue weighted by atomic mass is 9.79. The fourth-order valence-electron chi connectivity index (χ4n) is 6.07. The van der Waals surface area contributed by atoms with Crippen LogP contribution in [-0.4, -0.2) is 60.2 Å². The van der Waals surface area contributed by atoms with E-state index in [2.05, 4.69) is 0 Å². The molecule has 2 aromatic rings. The third kappa shape index (κ3) is 8.24. The van der Waals surface area contributed by atoms with Crippen LogP contribution in [0.4, 0.5) is 36.8 Å². The van der Waals surface area contributed by atoms with Gasteiger partial charge in [0.1, 0.15) is 5.78 Å². The molecule has 1 aliphatic carbocycles. The maximum absolute atomic E-state index is 13.8. The zero-order valence-corrected chi connectivity index (χ0v) is 26.2. The zero-order chi connectivity index (χ0) is 33.3. The second-order valence-electron chi connectivity index (χ2n) is 11.6. The number of amides is 3. The summed E-state index contributed by atoms with van der Waals surface area (Å²) in [5, 5.41) is 0.561. The largest absolute Gasteiger partial charge is 0.416 e. The number of ketones is 1. The molecule has 14 heteroatoms. The molecule has 0 N–H and O–H groups in total. The van der Waals surface area contributed by atoms with Crippen molar-refractivity contribution >= 4 is 46.6 Å². The monoisotopic (exact) mass is 679 g/mol. The summed E-state index contributed by atoms with van der Waals surface area (Å²) in [5.41, 5.74) is -2.98. The van der Waals surface area contributed by atoms with E-state index >= 15 is 0 Å². The number of Topliss-reactive ketones (excluding diaryl/α,β-unsaturated/α-hetero) is 1. The maximum Gasteiger partial charge on any atom is 0.416 e. The topological polar surface area (TPSA) is 60.9 Å². The lowest BCUT2D eigenvalue weighted by molar-refractivity contribution is -0.143. The van der Waals surface area contributed by atoms with Crippen molar-refractivity contribution in [3.05, 3.63) is 63.1 Å². The van der Waals surface area contributed by atoms with E-state index < -0.39 is 41.2 Å². The van der Waals surface area contributed by atoms with Crippen LogP contribution in [0.3, 0.4) is 0 Å². The van der Waals surface area contributed by atoms with Gasteiger partial charge in [0, 0.05) is 50.6 Å². The predicted octanol–water partition coefficient (Wildman–Crippen LogP) is 8.13. The fourth-order valence-corrected chi connectivity index (χ4v) is 6.39. The van der Waals surface area contributed by atoms with Gasteiger partial charge in [0.25, 0.3) is 0 Å². The Balaban J connectivity index is 1.59. The van der Waals surface area contributed by atoms with Gasteiger partial charge in [0.15, 0.2) is 0 Å². The number of nitrogens with zero attached hydrogens (tertiary/aromatic N) is 3. The van der Waals surface area contributed by atoms with Gasteiger partial charge in [-0.3, -0.25) is 14.5 Å². The molecular formula is C31H33Cl2F6N3O3. The molecular weight excluding hydrogens is 647 g/mol. The van der Waals surface area contributed by atoms with Gasteiger partial charge in [-0.25, -0.2) is 4.79 Å². The van der Waals surface area contributed by atoms with Crippen molar-refractivity contribution in [1.29, 1.82) is 0 Å². The highest BCUT2D eigenvalue weighted by Gasteiger charge is 2.40. The van der Waals surface area contributed by atoms with Crippen molar-refractivity contribution in [2.45, 2.75) is 63.8 Å². The van der Waals surface area contributed by atoms with Gasteiger partial charge in [-0.2, -0.15) is 26.3 Å². The summed E-state index contributed by atoms with van der Waals surface area (Å²) in [5.74, 6) is -0.265. The highest BCUT2D eigenvalue weighted by atomic mass is 35.5. The van der Waals surface area contributed by atoms with Crippen LogP contribution < -0.4 is 4.90 Å². The minimum absolute atomic E-state index is 0.00431. The average molecular weight is 681 g/mol. The highest BCUT2D eigenvalue weighted by molar-refractivity contribution is 6.42. The number of hydrogen-bond donors (Lipinski definition) is 0. The van der Waals surface area contributed by atoms with Crippen molar-refractivity contribution in [1.82, 2.24) is 9.80 Å². The molecule has 2 aliphatic rings.